The number of pyridine rings is 4. The van der Waals surface area contributed by atoms with Gasteiger partial charge in [-0.15, -0.1) is 0 Å². The van der Waals surface area contributed by atoms with E-state index < -0.39 is 0 Å². The lowest BCUT2D eigenvalue weighted by Gasteiger charge is -2.27. The molecule has 0 aliphatic carbocycles. The van der Waals surface area contributed by atoms with Crippen LogP contribution in [0, 0.1) is 0 Å². The van der Waals surface area contributed by atoms with Crippen molar-refractivity contribution in [3.63, 3.8) is 0 Å². The van der Waals surface area contributed by atoms with Gasteiger partial charge in [-0.1, -0.05) is 37.4 Å². The third-order valence-electron chi connectivity index (χ3n) is 10.2. The summed E-state index contributed by atoms with van der Waals surface area (Å²) in [5.74, 6) is -0.313. The van der Waals surface area contributed by atoms with Crippen LogP contribution < -0.4 is 10.6 Å². The van der Waals surface area contributed by atoms with Crippen LogP contribution in [0.5, 0.6) is 0 Å². The molecule has 330 valence electrons. The Balaban J connectivity index is 1.38. The molecule has 4 amide bonds. The van der Waals surface area contributed by atoms with Crippen LogP contribution in [-0.4, -0.2) is 116 Å². The Kier molecular flexibility index (Phi) is 22.9. The van der Waals surface area contributed by atoms with Crippen molar-refractivity contribution in [2.75, 3.05) is 52.4 Å². The average molecular weight is 845 g/mol. The highest BCUT2D eigenvalue weighted by molar-refractivity contribution is 5.87. The van der Waals surface area contributed by atoms with Crippen molar-refractivity contribution in [1.29, 1.82) is 0 Å². The van der Waals surface area contributed by atoms with Gasteiger partial charge < -0.3 is 20.4 Å². The van der Waals surface area contributed by atoms with Crippen LogP contribution in [0.3, 0.4) is 0 Å². The lowest BCUT2D eigenvalue weighted by Crippen LogP contribution is -2.38. The van der Waals surface area contributed by atoms with Crippen molar-refractivity contribution < 1.29 is 19.2 Å². The van der Waals surface area contributed by atoms with E-state index in [2.05, 4.69) is 53.5 Å². The molecule has 0 bridgehead atoms. The van der Waals surface area contributed by atoms with Crippen LogP contribution in [0.2, 0.25) is 0 Å². The van der Waals surface area contributed by atoms with Crippen molar-refractivity contribution in [3.05, 3.63) is 146 Å². The first-order valence-electron chi connectivity index (χ1n) is 21.7. The Morgan fingerprint density at radius 1 is 0.452 bits per heavy atom. The van der Waals surface area contributed by atoms with Gasteiger partial charge in [-0.2, -0.15) is 0 Å². The molecule has 0 aliphatic rings. The lowest BCUT2D eigenvalue weighted by molar-refractivity contribution is -0.133. The van der Waals surface area contributed by atoms with Gasteiger partial charge in [0.1, 0.15) is 0 Å². The van der Waals surface area contributed by atoms with E-state index in [1.807, 2.05) is 82.6 Å². The highest BCUT2D eigenvalue weighted by atomic mass is 16.2. The highest BCUT2D eigenvalue weighted by Gasteiger charge is 2.19. The van der Waals surface area contributed by atoms with Crippen LogP contribution in [0.25, 0.3) is 0 Å². The fourth-order valence-electron chi connectivity index (χ4n) is 6.89. The molecule has 14 nitrogen and oxygen atoms in total. The van der Waals surface area contributed by atoms with Crippen molar-refractivity contribution in [3.8, 4) is 0 Å². The second-order valence-corrected chi connectivity index (χ2v) is 15.1. The first-order valence-corrected chi connectivity index (χ1v) is 21.7. The molecule has 4 aromatic rings. The van der Waals surface area contributed by atoms with Gasteiger partial charge in [-0.25, -0.2) is 0 Å². The fraction of sp³-hybridized carbons (Fsp3) is 0.417. The van der Waals surface area contributed by atoms with E-state index >= 15 is 0 Å². The van der Waals surface area contributed by atoms with Gasteiger partial charge in [0.15, 0.2) is 0 Å². The second-order valence-electron chi connectivity index (χ2n) is 15.1. The minimum atomic E-state index is -0.214. The summed E-state index contributed by atoms with van der Waals surface area (Å²) < 4.78 is 0. The molecular weight excluding hydrogens is 781 g/mol. The van der Waals surface area contributed by atoms with Crippen molar-refractivity contribution in [2.45, 2.75) is 77.5 Å². The number of unbranched alkanes of at least 4 members (excludes halogenated alkanes) is 3. The molecule has 4 rings (SSSR count). The highest BCUT2D eigenvalue weighted by Crippen LogP contribution is 2.13. The number of hydrogen-bond acceptors (Lipinski definition) is 10. The number of rotatable bonds is 31. The molecule has 0 radical (unpaired) electrons. The minimum absolute atomic E-state index is 0.0579. The molecule has 0 saturated heterocycles. The van der Waals surface area contributed by atoms with Gasteiger partial charge in [0.25, 0.3) is 0 Å². The Bertz CT molecular complexity index is 1680. The second kappa shape index (κ2) is 29.2. The van der Waals surface area contributed by atoms with Gasteiger partial charge in [0, 0.05) is 116 Å². The molecule has 14 heteroatoms. The Labute approximate surface area is 367 Å². The summed E-state index contributed by atoms with van der Waals surface area (Å²) in [5.41, 5.74) is 3.68. The third-order valence-corrected chi connectivity index (χ3v) is 10.2. The van der Waals surface area contributed by atoms with Crippen molar-refractivity contribution in [1.82, 2.24) is 50.2 Å². The Morgan fingerprint density at radius 2 is 0.758 bits per heavy atom. The predicted molar refractivity (Wildman–Crippen MR) is 242 cm³/mol. The van der Waals surface area contributed by atoms with Gasteiger partial charge in [-0.05, 0) is 99.2 Å². The van der Waals surface area contributed by atoms with E-state index in [9.17, 15) is 19.2 Å². The number of aromatic nitrogens is 4. The van der Waals surface area contributed by atoms with Crippen molar-refractivity contribution >= 4 is 23.6 Å². The Hall–Kier alpha value is -6.12. The van der Waals surface area contributed by atoms with Gasteiger partial charge in [0.05, 0.1) is 22.8 Å². The monoisotopic (exact) mass is 845 g/mol. The molecule has 0 aromatic carbocycles. The van der Waals surface area contributed by atoms with Crippen molar-refractivity contribution in [2.24, 2.45) is 0 Å². The van der Waals surface area contributed by atoms with E-state index in [-0.39, 0.29) is 23.6 Å². The number of carbonyl (C=O) groups is 4. The van der Waals surface area contributed by atoms with Crippen LogP contribution >= 0.6 is 0 Å². The summed E-state index contributed by atoms with van der Waals surface area (Å²) in [6.45, 7) is 13.7. The largest absolute Gasteiger partial charge is 0.353 e. The summed E-state index contributed by atoms with van der Waals surface area (Å²) >= 11 is 0. The summed E-state index contributed by atoms with van der Waals surface area (Å²) in [4.78, 5) is 77.7. The van der Waals surface area contributed by atoms with Gasteiger partial charge in [0.2, 0.25) is 23.6 Å². The maximum Gasteiger partial charge on any atom is 0.243 e. The van der Waals surface area contributed by atoms with E-state index in [1.54, 1.807) is 24.8 Å². The fourth-order valence-corrected chi connectivity index (χ4v) is 6.89. The number of carbonyl (C=O) groups excluding carboxylic acids is 4. The first kappa shape index (κ1) is 48.5. The van der Waals surface area contributed by atoms with E-state index in [0.29, 0.717) is 91.4 Å². The SMILES string of the molecule is C=CC(=O)NCCCCN(CCCCN(CCCCNC(=O)C=C)C(=O)CCN(Cc1ccccn1)Cc1ccccn1)C(=O)CCN(Cc1ccccn1)Cc1ccccn1. The molecule has 0 spiro atoms. The van der Waals surface area contributed by atoms with Gasteiger partial charge in [-0.3, -0.25) is 48.9 Å². The molecule has 62 heavy (non-hydrogen) atoms. The summed E-state index contributed by atoms with van der Waals surface area (Å²) in [6.07, 6.45) is 14.6. The number of amides is 4. The van der Waals surface area contributed by atoms with E-state index in [1.165, 1.54) is 12.2 Å². The molecule has 2 N–H and O–H groups in total. The minimum Gasteiger partial charge on any atom is -0.353 e. The standard InChI is InChI=1S/C48H64N10O4/c1-3-45(59)53-29-13-15-31-57(47(61)23-35-55(37-41-19-5-9-25-49-41)38-42-20-6-10-26-50-42)33-17-18-34-58(32-16-14-30-54-46(60)4-2)48(62)24-36-56(39-43-21-7-11-27-51-43)40-44-22-8-12-28-52-44/h3-12,19-22,25-28H,1-2,13-18,23-24,29-40H2,(H,53,59)(H,54,60). The van der Waals surface area contributed by atoms with Crippen LogP contribution in [-0.2, 0) is 45.4 Å². The molecule has 0 aliphatic heterocycles. The van der Waals surface area contributed by atoms with Crippen LogP contribution in [0.15, 0.2) is 123 Å². The zero-order chi connectivity index (χ0) is 44.0. The van der Waals surface area contributed by atoms with Crippen LogP contribution in [0.1, 0.15) is 74.1 Å². The van der Waals surface area contributed by atoms with E-state index in [4.69, 9.17) is 0 Å². The molecule has 0 atom stereocenters. The zero-order valence-electron chi connectivity index (χ0n) is 36.2. The predicted octanol–water partition coefficient (Wildman–Crippen LogP) is 5.35. The number of hydrogen-bond donors (Lipinski definition) is 2. The van der Waals surface area contributed by atoms with Gasteiger partial charge >= 0.3 is 0 Å². The summed E-state index contributed by atoms with van der Waals surface area (Å²) in [6, 6.07) is 23.4. The molecule has 0 unspecified atom stereocenters. The zero-order valence-corrected chi connectivity index (χ0v) is 36.2. The first-order chi connectivity index (χ1) is 30.3. The molecular formula is C48H64N10O4. The third kappa shape index (κ3) is 20.0. The number of nitrogens with zero attached hydrogens (tertiary/aromatic N) is 8. The molecule has 0 fully saturated rings. The molecule has 0 saturated carbocycles. The maximum absolute atomic E-state index is 14.0. The summed E-state index contributed by atoms with van der Waals surface area (Å²) in [7, 11) is 0. The normalized spacial score (nSPS) is 10.9. The molecule has 4 heterocycles. The van der Waals surface area contributed by atoms with Crippen LogP contribution in [0.4, 0.5) is 0 Å². The average Bonchev–Trinajstić information content (AvgIpc) is 3.30. The Morgan fingerprint density at radius 3 is 1.03 bits per heavy atom. The summed E-state index contributed by atoms with van der Waals surface area (Å²) in [5, 5.41) is 5.64. The smallest absolute Gasteiger partial charge is 0.243 e. The topological polar surface area (TPSA) is 157 Å². The lowest BCUT2D eigenvalue weighted by atomic mass is 10.2. The molecule has 4 aromatic heterocycles. The maximum atomic E-state index is 14.0. The number of nitrogens with one attached hydrogen (secondary N) is 2. The van der Waals surface area contributed by atoms with E-state index in [0.717, 1.165) is 61.3 Å². The quantitative estimate of drug-likeness (QED) is 0.0500.